The Bertz CT molecular complexity index is 361. The third-order valence-electron chi connectivity index (χ3n) is 2.68. The Hall–Kier alpha value is -0.440. The molecule has 0 aromatic heterocycles. The Balaban J connectivity index is 2.40. The second-order valence-corrected chi connectivity index (χ2v) is 6.05. The van der Waals surface area contributed by atoms with Crippen molar-refractivity contribution in [3.05, 3.63) is 41.4 Å². The Morgan fingerprint density at radius 2 is 2.06 bits per heavy atom. The number of hydrogen-bond donors (Lipinski definition) is 1. The molecule has 0 amide bonds. The molecule has 0 heterocycles. The van der Waals surface area contributed by atoms with E-state index in [9.17, 15) is 0 Å². The maximum Gasteiger partial charge on any atom is 0.0406 e. The molecule has 0 aliphatic rings. The first kappa shape index (κ1) is 15.6. The summed E-state index contributed by atoms with van der Waals surface area (Å²) in [6.45, 7) is 9.23. The number of hydrogen-bond acceptors (Lipinski definition) is 2. The molecule has 1 rings (SSSR count). The molecule has 1 aromatic carbocycles. The van der Waals surface area contributed by atoms with Gasteiger partial charge in [-0.15, -0.1) is 18.3 Å². The van der Waals surface area contributed by atoms with Gasteiger partial charge in [-0.25, -0.2) is 0 Å². The molecule has 0 aliphatic carbocycles. The van der Waals surface area contributed by atoms with Gasteiger partial charge in [0.1, 0.15) is 0 Å². The predicted octanol–water partition coefficient (Wildman–Crippen LogP) is 4.77. The quantitative estimate of drug-likeness (QED) is 0.545. The van der Waals surface area contributed by atoms with E-state index in [1.807, 2.05) is 23.9 Å². The first-order valence-corrected chi connectivity index (χ1v) is 7.74. The van der Waals surface area contributed by atoms with Crippen LogP contribution in [0.3, 0.4) is 0 Å². The van der Waals surface area contributed by atoms with Crippen LogP contribution < -0.4 is 5.32 Å². The van der Waals surface area contributed by atoms with E-state index >= 15 is 0 Å². The average Bonchev–Trinajstić information content (AvgIpc) is 2.34. The molecular weight excluding hydrogens is 262 g/mol. The summed E-state index contributed by atoms with van der Waals surface area (Å²) in [5.74, 6) is 1.09. The lowest BCUT2D eigenvalue weighted by Gasteiger charge is -2.17. The SMILES string of the molecule is C=C(C)CCC(CSc1ccc(Cl)cc1)NCC. The normalized spacial score (nSPS) is 12.4. The standard InChI is InChI=1S/C15H22ClNS/c1-4-17-14(8-5-12(2)3)11-18-15-9-6-13(16)7-10-15/h6-7,9-10,14,17H,2,4-5,8,11H2,1,3H3. The predicted molar refractivity (Wildman–Crippen MR) is 83.7 cm³/mol. The van der Waals surface area contributed by atoms with Crippen LogP contribution in [0, 0.1) is 0 Å². The third kappa shape index (κ3) is 6.48. The van der Waals surface area contributed by atoms with Crippen molar-refractivity contribution in [2.45, 2.75) is 37.6 Å². The summed E-state index contributed by atoms with van der Waals surface area (Å²) >= 11 is 7.76. The van der Waals surface area contributed by atoms with Crippen LogP contribution >= 0.6 is 23.4 Å². The van der Waals surface area contributed by atoms with Gasteiger partial charge in [-0.3, -0.25) is 0 Å². The fraction of sp³-hybridized carbons (Fsp3) is 0.467. The highest BCUT2D eigenvalue weighted by Crippen LogP contribution is 2.22. The highest BCUT2D eigenvalue weighted by Gasteiger charge is 2.07. The van der Waals surface area contributed by atoms with E-state index in [4.69, 9.17) is 11.6 Å². The maximum absolute atomic E-state index is 5.88. The van der Waals surface area contributed by atoms with Crippen LogP contribution in [-0.2, 0) is 0 Å². The van der Waals surface area contributed by atoms with Crippen LogP contribution in [0.5, 0.6) is 0 Å². The van der Waals surface area contributed by atoms with Gasteiger partial charge >= 0.3 is 0 Å². The van der Waals surface area contributed by atoms with Crippen LogP contribution in [-0.4, -0.2) is 18.3 Å². The summed E-state index contributed by atoms with van der Waals surface area (Å²) in [5.41, 5.74) is 1.26. The molecule has 3 heteroatoms. The summed E-state index contributed by atoms with van der Waals surface area (Å²) in [5, 5.41) is 4.33. The Labute approximate surface area is 120 Å². The second-order valence-electron chi connectivity index (χ2n) is 4.52. The van der Waals surface area contributed by atoms with Crippen molar-refractivity contribution < 1.29 is 0 Å². The number of nitrogens with one attached hydrogen (secondary N) is 1. The van der Waals surface area contributed by atoms with E-state index in [2.05, 4.69) is 37.9 Å². The largest absolute Gasteiger partial charge is 0.313 e. The molecule has 1 unspecified atom stereocenters. The van der Waals surface area contributed by atoms with Gasteiger partial charge in [-0.05, 0) is 50.6 Å². The van der Waals surface area contributed by atoms with Gasteiger partial charge in [-0.2, -0.15) is 0 Å². The van der Waals surface area contributed by atoms with Crippen LogP contribution in [0.15, 0.2) is 41.3 Å². The molecule has 1 aromatic rings. The molecule has 0 saturated heterocycles. The summed E-state index contributed by atoms with van der Waals surface area (Å²) in [7, 11) is 0. The zero-order valence-corrected chi connectivity index (χ0v) is 12.8. The van der Waals surface area contributed by atoms with Gasteiger partial charge in [0.05, 0.1) is 0 Å². The van der Waals surface area contributed by atoms with E-state index < -0.39 is 0 Å². The van der Waals surface area contributed by atoms with Crippen LogP contribution in [0.25, 0.3) is 0 Å². The lowest BCUT2D eigenvalue weighted by atomic mass is 10.1. The van der Waals surface area contributed by atoms with Crippen molar-refractivity contribution >= 4 is 23.4 Å². The lowest BCUT2D eigenvalue weighted by Crippen LogP contribution is -2.31. The van der Waals surface area contributed by atoms with Gasteiger partial charge in [0.15, 0.2) is 0 Å². The van der Waals surface area contributed by atoms with E-state index in [-0.39, 0.29) is 0 Å². The molecule has 0 bridgehead atoms. The fourth-order valence-electron chi connectivity index (χ4n) is 1.68. The maximum atomic E-state index is 5.88. The van der Waals surface area contributed by atoms with E-state index in [0.717, 1.165) is 30.2 Å². The Morgan fingerprint density at radius 3 is 2.61 bits per heavy atom. The van der Waals surface area contributed by atoms with Crippen LogP contribution in [0.1, 0.15) is 26.7 Å². The first-order chi connectivity index (χ1) is 8.61. The second kappa shape index (κ2) is 8.63. The molecule has 0 aliphatic heterocycles. The molecule has 0 saturated carbocycles. The Kier molecular flexibility index (Phi) is 7.48. The Morgan fingerprint density at radius 1 is 1.39 bits per heavy atom. The summed E-state index contributed by atoms with van der Waals surface area (Å²) < 4.78 is 0. The van der Waals surface area contributed by atoms with E-state index in [1.165, 1.54) is 10.5 Å². The zero-order valence-electron chi connectivity index (χ0n) is 11.2. The number of rotatable bonds is 8. The van der Waals surface area contributed by atoms with Crippen molar-refractivity contribution in [2.75, 3.05) is 12.3 Å². The van der Waals surface area contributed by atoms with Crippen LogP contribution in [0.4, 0.5) is 0 Å². The van der Waals surface area contributed by atoms with Crippen molar-refractivity contribution in [3.63, 3.8) is 0 Å². The molecule has 18 heavy (non-hydrogen) atoms. The summed E-state index contributed by atoms with van der Waals surface area (Å²) in [6, 6.07) is 8.59. The van der Waals surface area contributed by atoms with Crippen molar-refractivity contribution in [2.24, 2.45) is 0 Å². The van der Waals surface area contributed by atoms with Crippen LogP contribution in [0.2, 0.25) is 5.02 Å². The molecule has 0 spiro atoms. The van der Waals surface area contributed by atoms with E-state index in [0.29, 0.717) is 6.04 Å². The molecule has 1 N–H and O–H groups in total. The molecule has 1 nitrogen and oxygen atoms in total. The zero-order chi connectivity index (χ0) is 13.4. The van der Waals surface area contributed by atoms with Gasteiger partial charge in [0.25, 0.3) is 0 Å². The lowest BCUT2D eigenvalue weighted by molar-refractivity contribution is 0.537. The molecular formula is C15H22ClNS. The first-order valence-electron chi connectivity index (χ1n) is 6.38. The smallest absolute Gasteiger partial charge is 0.0406 e. The molecule has 100 valence electrons. The highest BCUT2D eigenvalue weighted by atomic mass is 35.5. The van der Waals surface area contributed by atoms with Crippen molar-refractivity contribution in [1.29, 1.82) is 0 Å². The number of thioether (sulfide) groups is 1. The van der Waals surface area contributed by atoms with Gasteiger partial charge in [0.2, 0.25) is 0 Å². The number of benzene rings is 1. The van der Waals surface area contributed by atoms with Crippen molar-refractivity contribution in [3.8, 4) is 0 Å². The number of allylic oxidation sites excluding steroid dienone is 1. The van der Waals surface area contributed by atoms with Gasteiger partial charge in [-0.1, -0.05) is 24.1 Å². The topological polar surface area (TPSA) is 12.0 Å². The fourth-order valence-corrected chi connectivity index (χ4v) is 2.81. The van der Waals surface area contributed by atoms with Crippen molar-refractivity contribution in [1.82, 2.24) is 5.32 Å². The monoisotopic (exact) mass is 283 g/mol. The third-order valence-corrected chi connectivity index (χ3v) is 4.10. The average molecular weight is 284 g/mol. The summed E-state index contributed by atoms with van der Waals surface area (Å²) in [6.07, 6.45) is 2.25. The highest BCUT2D eigenvalue weighted by molar-refractivity contribution is 7.99. The minimum Gasteiger partial charge on any atom is -0.313 e. The number of halogens is 1. The van der Waals surface area contributed by atoms with Gasteiger partial charge < -0.3 is 5.32 Å². The minimum atomic E-state index is 0.548. The minimum absolute atomic E-state index is 0.548. The molecule has 0 fully saturated rings. The molecule has 0 radical (unpaired) electrons. The molecule has 1 atom stereocenters. The van der Waals surface area contributed by atoms with Gasteiger partial charge in [0, 0.05) is 21.7 Å². The van der Waals surface area contributed by atoms with E-state index in [1.54, 1.807) is 0 Å². The summed E-state index contributed by atoms with van der Waals surface area (Å²) in [4.78, 5) is 1.28.